The molecule has 0 spiro atoms. The molecule has 136 valence electrons. The Morgan fingerprint density at radius 1 is 1.04 bits per heavy atom. The van der Waals surface area contributed by atoms with Gasteiger partial charge in [-0.1, -0.05) is 0 Å². The summed E-state index contributed by atoms with van der Waals surface area (Å²) in [5.74, 6) is -1.13. The minimum absolute atomic E-state index is 0.112. The summed E-state index contributed by atoms with van der Waals surface area (Å²) in [6.45, 7) is 0. The van der Waals surface area contributed by atoms with Crippen LogP contribution in [0.15, 0.2) is 0 Å². The van der Waals surface area contributed by atoms with Gasteiger partial charge in [0, 0.05) is 10.9 Å². The lowest BCUT2D eigenvalue weighted by molar-refractivity contribution is -0.124. The van der Waals surface area contributed by atoms with Gasteiger partial charge in [-0.25, -0.2) is 4.90 Å². The lowest BCUT2D eigenvalue weighted by atomic mass is 9.81. The summed E-state index contributed by atoms with van der Waals surface area (Å²) >= 11 is 1.47. The second-order valence-corrected chi connectivity index (χ2v) is 9.22. The van der Waals surface area contributed by atoms with Crippen molar-refractivity contribution in [3.8, 4) is 0 Å². The fourth-order valence-corrected chi connectivity index (χ4v) is 6.58. The van der Waals surface area contributed by atoms with Gasteiger partial charge in [-0.3, -0.25) is 14.4 Å². The molecule has 2 bridgehead atoms. The number of fused-ring (bicyclic) bond motifs is 6. The van der Waals surface area contributed by atoms with E-state index in [9.17, 15) is 14.4 Å². The summed E-state index contributed by atoms with van der Waals surface area (Å²) in [6.07, 6.45) is 6.32. The van der Waals surface area contributed by atoms with Gasteiger partial charge in [0.1, 0.15) is 5.00 Å². The molecule has 5 aliphatic rings. The molecule has 1 aromatic heterocycles. The van der Waals surface area contributed by atoms with Gasteiger partial charge in [-0.05, 0) is 50.5 Å². The fourth-order valence-electron chi connectivity index (χ4n) is 5.18. The number of carbonyl (C=O) groups is 3. The van der Waals surface area contributed by atoms with Gasteiger partial charge in [0.2, 0.25) is 11.8 Å². The second kappa shape index (κ2) is 5.16. The molecule has 0 radical (unpaired) electrons. The van der Waals surface area contributed by atoms with E-state index in [0.29, 0.717) is 10.6 Å². The minimum Gasteiger partial charge on any atom is -0.373 e. The molecule has 3 saturated heterocycles. The molecule has 3 amide bonds. The molecule has 4 heterocycles. The molecule has 4 atom stereocenters. The number of imide groups is 1. The van der Waals surface area contributed by atoms with Gasteiger partial charge in [0.05, 0.1) is 29.6 Å². The van der Waals surface area contributed by atoms with Gasteiger partial charge < -0.3 is 10.1 Å². The fraction of sp³-hybridized carbons (Fsp3) is 0.632. The lowest BCUT2D eigenvalue weighted by Crippen LogP contribution is -2.36. The van der Waals surface area contributed by atoms with Crippen LogP contribution in [0.3, 0.4) is 0 Å². The zero-order valence-electron chi connectivity index (χ0n) is 14.3. The molecule has 1 saturated carbocycles. The van der Waals surface area contributed by atoms with E-state index in [2.05, 4.69) is 5.32 Å². The van der Waals surface area contributed by atoms with Crippen LogP contribution >= 0.6 is 11.3 Å². The number of thiophene rings is 1. The Hall–Kier alpha value is -1.73. The number of ether oxygens (including phenoxy) is 1. The molecule has 0 aromatic carbocycles. The van der Waals surface area contributed by atoms with E-state index in [1.807, 2.05) is 0 Å². The van der Waals surface area contributed by atoms with Gasteiger partial charge in [0.25, 0.3) is 5.91 Å². The van der Waals surface area contributed by atoms with Gasteiger partial charge in [-0.15, -0.1) is 11.3 Å². The molecule has 4 fully saturated rings. The van der Waals surface area contributed by atoms with Crippen LogP contribution in [0.4, 0.5) is 5.00 Å². The Kier molecular flexibility index (Phi) is 3.05. The summed E-state index contributed by atoms with van der Waals surface area (Å²) in [5.41, 5.74) is 1.64. The zero-order chi connectivity index (χ0) is 17.6. The van der Waals surface area contributed by atoms with E-state index in [1.165, 1.54) is 16.2 Å². The van der Waals surface area contributed by atoms with E-state index in [0.717, 1.165) is 55.4 Å². The maximum absolute atomic E-state index is 13.1. The van der Waals surface area contributed by atoms with Crippen LogP contribution in [-0.4, -0.2) is 36.0 Å². The van der Waals surface area contributed by atoms with E-state index >= 15 is 0 Å². The molecule has 2 aliphatic carbocycles. The lowest BCUT2D eigenvalue weighted by Gasteiger charge is -2.18. The highest BCUT2D eigenvalue weighted by Crippen LogP contribution is 2.52. The number of rotatable bonds is 3. The maximum atomic E-state index is 13.1. The summed E-state index contributed by atoms with van der Waals surface area (Å²) in [4.78, 5) is 41.7. The number of hydrogen-bond donors (Lipinski definition) is 1. The average molecular weight is 372 g/mol. The topological polar surface area (TPSA) is 75.7 Å². The Balaban J connectivity index is 1.43. The van der Waals surface area contributed by atoms with Crippen LogP contribution in [0.2, 0.25) is 0 Å². The van der Waals surface area contributed by atoms with Crippen LogP contribution in [-0.2, 0) is 27.2 Å². The van der Waals surface area contributed by atoms with Gasteiger partial charge in [0.15, 0.2) is 0 Å². The highest BCUT2D eigenvalue weighted by molar-refractivity contribution is 7.17. The number of anilines is 1. The van der Waals surface area contributed by atoms with Crippen LogP contribution in [0.25, 0.3) is 0 Å². The number of amides is 3. The van der Waals surface area contributed by atoms with Crippen molar-refractivity contribution in [2.24, 2.45) is 11.8 Å². The predicted molar refractivity (Wildman–Crippen MR) is 94.2 cm³/mol. The highest BCUT2D eigenvalue weighted by Gasteiger charge is 2.63. The van der Waals surface area contributed by atoms with Crippen LogP contribution in [0.1, 0.15) is 52.9 Å². The largest absolute Gasteiger partial charge is 0.373 e. The normalized spacial score (nSPS) is 34.5. The Morgan fingerprint density at radius 2 is 1.73 bits per heavy atom. The van der Waals surface area contributed by atoms with Crippen LogP contribution in [0, 0.1) is 11.8 Å². The monoisotopic (exact) mass is 372 g/mol. The van der Waals surface area contributed by atoms with E-state index in [1.54, 1.807) is 0 Å². The third-order valence-electron chi connectivity index (χ3n) is 6.53. The highest BCUT2D eigenvalue weighted by atomic mass is 32.1. The van der Waals surface area contributed by atoms with Crippen molar-refractivity contribution in [3.05, 3.63) is 16.0 Å². The first-order chi connectivity index (χ1) is 12.6. The smallest absolute Gasteiger partial charge is 0.254 e. The minimum atomic E-state index is -0.350. The van der Waals surface area contributed by atoms with Crippen LogP contribution < -0.4 is 10.2 Å². The Morgan fingerprint density at radius 3 is 2.38 bits per heavy atom. The Bertz CT molecular complexity index is 830. The molecule has 0 unspecified atom stereocenters. The van der Waals surface area contributed by atoms with E-state index in [-0.39, 0.29) is 47.8 Å². The molecule has 6 nitrogen and oxygen atoms in total. The maximum Gasteiger partial charge on any atom is 0.254 e. The number of nitrogens with one attached hydrogen (secondary N) is 1. The van der Waals surface area contributed by atoms with Gasteiger partial charge >= 0.3 is 0 Å². The number of carbonyl (C=O) groups excluding carboxylic acids is 3. The van der Waals surface area contributed by atoms with E-state index < -0.39 is 0 Å². The van der Waals surface area contributed by atoms with E-state index in [4.69, 9.17) is 4.74 Å². The van der Waals surface area contributed by atoms with Crippen molar-refractivity contribution in [1.29, 1.82) is 0 Å². The van der Waals surface area contributed by atoms with Crippen molar-refractivity contribution >= 4 is 34.1 Å². The van der Waals surface area contributed by atoms with Crippen molar-refractivity contribution in [1.82, 2.24) is 5.32 Å². The molecule has 3 aliphatic heterocycles. The van der Waals surface area contributed by atoms with Crippen molar-refractivity contribution in [2.75, 3.05) is 4.90 Å². The molecule has 1 aromatic rings. The Labute approximate surface area is 154 Å². The summed E-state index contributed by atoms with van der Waals surface area (Å²) in [7, 11) is 0. The summed E-state index contributed by atoms with van der Waals surface area (Å²) in [6, 6.07) is 0.251. The molecular formula is C19H20N2O4S. The molecule has 7 heteroatoms. The van der Waals surface area contributed by atoms with Crippen molar-refractivity contribution in [2.45, 2.75) is 63.2 Å². The summed E-state index contributed by atoms with van der Waals surface area (Å²) < 4.78 is 5.82. The number of hydrogen-bond acceptors (Lipinski definition) is 5. The standard InChI is InChI=1S/C19H20N2O4S/c22-16(20-8-4-5-8)13-9-2-1-3-12(9)26-19(13)21-17(23)14-10-6-7-11(25-10)15(14)18(21)24/h8,10-11,14-15H,1-7H2,(H,20,22)/t10-,11-,14-,15-/m0/s1. The predicted octanol–water partition coefficient (Wildman–Crippen LogP) is 1.80. The SMILES string of the molecule is O=C(NC1CC1)c1c(N2C(=O)[C@@H]3[C@@H](C2=O)[C@@H]2CC[C@@H]3O2)sc2c1CCC2. The average Bonchev–Trinajstić information content (AvgIpc) is 3.04. The number of aryl methyl sites for hydroxylation is 1. The third kappa shape index (κ3) is 1.93. The molecule has 6 rings (SSSR count). The molecular weight excluding hydrogens is 352 g/mol. The first-order valence-corrected chi connectivity index (χ1v) is 10.4. The molecule has 26 heavy (non-hydrogen) atoms. The van der Waals surface area contributed by atoms with Crippen molar-refractivity contribution in [3.63, 3.8) is 0 Å². The summed E-state index contributed by atoms with van der Waals surface area (Å²) in [5, 5.41) is 3.62. The zero-order valence-corrected chi connectivity index (χ0v) is 15.1. The second-order valence-electron chi connectivity index (χ2n) is 8.14. The number of nitrogens with zero attached hydrogens (tertiary/aromatic N) is 1. The van der Waals surface area contributed by atoms with Crippen LogP contribution in [0.5, 0.6) is 0 Å². The van der Waals surface area contributed by atoms with Crippen molar-refractivity contribution < 1.29 is 19.1 Å². The first-order valence-electron chi connectivity index (χ1n) is 9.62. The first kappa shape index (κ1) is 15.3. The van der Waals surface area contributed by atoms with Gasteiger partial charge in [-0.2, -0.15) is 0 Å². The molecule has 1 N–H and O–H groups in total. The quantitative estimate of drug-likeness (QED) is 0.821. The third-order valence-corrected chi connectivity index (χ3v) is 7.81.